The number of allylic oxidation sites excluding steroid dienone is 1. The summed E-state index contributed by atoms with van der Waals surface area (Å²) in [5.41, 5.74) is 11.4. The molecule has 2 rings (SSSR count). The molecule has 1 heterocycles. The van der Waals surface area contributed by atoms with Crippen molar-refractivity contribution in [2.45, 2.75) is 45.7 Å². The first kappa shape index (κ1) is 10.5. The van der Waals surface area contributed by atoms with Gasteiger partial charge < -0.3 is 10.3 Å². The molecule has 0 bridgehead atoms. The third-order valence-corrected chi connectivity index (χ3v) is 3.21. The van der Waals surface area contributed by atoms with Gasteiger partial charge in [0.25, 0.3) is 0 Å². The van der Waals surface area contributed by atoms with E-state index in [1.807, 2.05) is 0 Å². The van der Waals surface area contributed by atoms with Crippen LogP contribution in [0.4, 0.5) is 0 Å². The molecule has 0 saturated heterocycles. The molecule has 1 aliphatic carbocycles. The van der Waals surface area contributed by atoms with Gasteiger partial charge in [-0.15, -0.1) is 0 Å². The number of aryl methyl sites for hydroxylation is 1. The van der Waals surface area contributed by atoms with Gasteiger partial charge in [0.2, 0.25) is 0 Å². The first-order valence-corrected chi connectivity index (χ1v) is 5.68. The molecule has 15 heavy (non-hydrogen) atoms. The van der Waals surface area contributed by atoms with Crippen LogP contribution in [0, 0.1) is 6.92 Å². The quantitative estimate of drug-likeness (QED) is 0.738. The van der Waals surface area contributed by atoms with Crippen molar-refractivity contribution in [3.63, 3.8) is 0 Å². The number of fused-ring (bicyclic) bond motifs is 1. The second-order valence-corrected chi connectivity index (χ2v) is 4.73. The first-order chi connectivity index (χ1) is 7.09. The highest BCUT2D eigenvalue weighted by Crippen LogP contribution is 2.30. The lowest BCUT2D eigenvalue weighted by molar-refractivity contribution is 0.545. The summed E-state index contributed by atoms with van der Waals surface area (Å²) in [7, 11) is 0. The minimum Gasteiger partial charge on any atom is -0.345 e. The Bertz CT molecular complexity index is 387. The Labute approximate surface area is 91.8 Å². The Morgan fingerprint density at radius 2 is 2.40 bits per heavy atom. The summed E-state index contributed by atoms with van der Waals surface area (Å²) in [6.07, 6.45) is 3.52. The highest BCUT2D eigenvalue weighted by molar-refractivity contribution is 5.33. The van der Waals surface area contributed by atoms with E-state index in [0.29, 0.717) is 0 Å². The van der Waals surface area contributed by atoms with Gasteiger partial charge in [0.15, 0.2) is 0 Å². The zero-order valence-corrected chi connectivity index (χ0v) is 9.71. The number of rotatable bonds is 2. The van der Waals surface area contributed by atoms with Crippen LogP contribution in [0.5, 0.6) is 0 Å². The van der Waals surface area contributed by atoms with E-state index in [0.717, 1.165) is 13.0 Å². The molecule has 1 atom stereocenters. The van der Waals surface area contributed by atoms with Crippen LogP contribution in [0.3, 0.4) is 0 Å². The van der Waals surface area contributed by atoms with Gasteiger partial charge in [-0.2, -0.15) is 0 Å². The summed E-state index contributed by atoms with van der Waals surface area (Å²) >= 11 is 0. The molecular formula is C13H20N2. The second kappa shape index (κ2) is 3.86. The van der Waals surface area contributed by atoms with Gasteiger partial charge in [0, 0.05) is 24.0 Å². The SMILES string of the molecule is C=C(C)Cn1c(C)cc2c1CCCC2N. The van der Waals surface area contributed by atoms with Crippen LogP contribution < -0.4 is 5.73 Å². The maximum atomic E-state index is 6.12. The maximum Gasteiger partial charge on any atom is 0.0429 e. The Morgan fingerprint density at radius 1 is 1.67 bits per heavy atom. The molecule has 1 aliphatic rings. The first-order valence-electron chi connectivity index (χ1n) is 5.68. The summed E-state index contributed by atoms with van der Waals surface area (Å²) in [5, 5.41) is 0. The van der Waals surface area contributed by atoms with E-state index in [1.165, 1.54) is 35.4 Å². The smallest absolute Gasteiger partial charge is 0.0429 e. The molecule has 2 nitrogen and oxygen atoms in total. The fourth-order valence-electron chi connectivity index (χ4n) is 2.49. The molecule has 0 amide bonds. The summed E-state index contributed by atoms with van der Waals surface area (Å²) in [5.74, 6) is 0. The van der Waals surface area contributed by atoms with E-state index in [1.54, 1.807) is 0 Å². The lowest BCUT2D eigenvalue weighted by Crippen LogP contribution is -2.18. The molecular weight excluding hydrogens is 184 g/mol. The van der Waals surface area contributed by atoms with Crippen LogP contribution >= 0.6 is 0 Å². The monoisotopic (exact) mass is 204 g/mol. The van der Waals surface area contributed by atoms with Crippen molar-refractivity contribution in [3.05, 3.63) is 35.2 Å². The van der Waals surface area contributed by atoms with Crippen molar-refractivity contribution in [2.24, 2.45) is 5.73 Å². The molecule has 82 valence electrons. The second-order valence-electron chi connectivity index (χ2n) is 4.73. The lowest BCUT2D eigenvalue weighted by atomic mass is 9.93. The topological polar surface area (TPSA) is 30.9 Å². The van der Waals surface area contributed by atoms with Gasteiger partial charge in [0.05, 0.1) is 0 Å². The van der Waals surface area contributed by atoms with Crippen LogP contribution in [-0.2, 0) is 13.0 Å². The average Bonchev–Trinajstić information content (AvgIpc) is 2.45. The molecule has 1 aromatic rings. The van der Waals surface area contributed by atoms with Gasteiger partial charge >= 0.3 is 0 Å². The predicted octanol–water partition coefficient (Wildman–Crippen LogP) is 2.71. The van der Waals surface area contributed by atoms with E-state index < -0.39 is 0 Å². The third-order valence-electron chi connectivity index (χ3n) is 3.21. The minimum atomic E-state index is 0.249. The van der Waals surface area contributed by atoms with Crippen molar-refractivity contribution in [3.8, 4) is 0 Å². The third kappa shape index (κ3) is 1.86. The largest absolute Gasteiger partial charge is 0.345 e. The minimum absolute atomic E-state index is 0.249. The van der Waals surface area contributed by atoms with E-state index in [-0.39, 0.29) is 6.04 Å². The molecule has 0 spiro atoms. The molecule has 0 aromatic carbocycles. The Kier molecular flexibility index (Phi) is 2.70. The van der Waals surface area contributed by atoms with E-state index >= 15 is 0 Å². The molecule has 2 N–H and O–H groups in total. The summed E-state index contributed by atoms with van der Waals surface area (Å²) in [6.45, 7) is 9.16. The van der Waals surface area contributed by atoms with E-state index in [4.69, 9.17) is 5.73 Å². The van der Waals surface area contributed by atoms with Crippen molar-refractivity contribution >= 4 is 0 Å². The van der Waals surface area contributed by atoms with Crippen molar-refractivity contribution < 1.29 is 0 Å². The Hall–Kier alpha value is -1.02. The lowest BCUT2D eigenvalue weighted by Gasteiger charge is -2.21. The summed E-state index contributed by atoms with van der Waals surface area (Å²) in [6, 6.07) is 2.50. The van der Waals surface area contributed by atoms with Crippen LogP contribution in [0.2, 0.25) is 0 Å². The number of nitrogens with zero attached hydrogens (tertiary/aromatic N) is 1. The van der Waals surface area contributed by atoms with Crippen LogP contribution in [0.1, 0.15) is 42.8 Å². The van der Waals surface area contributed by atoms with E-state index in [9.17, 15) is 0 Å². The highest BCUT2D eigenvalue weighted by atomic mass is 15.0. The fourth-order valence-corrected chi connectivity index (χ4v) is 2.49. The van der Waals surface area contributed by atoms with Crippen LogP contribution in [0.25, 0.3) is 0 Å². The van der Waals surface area contributed by atoms with Crippen LogP contribution in [-0.4, -0.2) is 4.57 Å². The number of nitrogens with two attached hydrogens (primary N) is 1. The van der Waals surface area contributed by atoms with Gasteiger partial charge in [-0.1, -0.05) is 12.2 Å². The molecule has 1 aromatic heterocycles. The molecule has 2 heteroatoms. The van der Waals surface area contributed by atoms with E-state index in [2.05, 4.69) is 31.1 Å². The zero-order chi connectivity index (χ0) is 11.0. The maximum absolute atomic E-state index is 6.12. The number of aromatic nitrogens is 1. The molecule has 1 unspecified atom stereocenters. The normalized spacial score (nSPS) is 20.1. The van der Waals surface area contributed by atoms with Gasteiger partial charge in [-0.3, -0.25) is 0 Å². The molecule has 0 fully saturated rings. The highest BCUT2D eigenvalue weighted by Gasteiger charge is 2.21. The Morgan fingerprint density at radius 3 is 3.07 bits per heavy atom. The zero-order valence-electron chi connectivity index (χ0n) is 9.71. The molecule has 0 saturated carbocycles. The molecule has 0 radical (unpaired) electrons. The standard InChI is InChI=1S/C13H20N2/c1-9(2)8-15-10(3)7-11-12(14)5-4-6-13(11)15/h7,12H,1,4-6,8,14H2,2-3H3. The Balaban J connectivity index is 2.42. The van der Waals surface area contributed by atoms with Gasteiger partial charge in [-0.25, -0.2) is 0 Å². The summed E-state index contributed by atoms with van der Waals surface area (Å²) in [4.78, 5) is 0. The fraction of sp³-hybridized carbons (Fsp3) is 0.538. The summed E-state index contributed by atoms with van der Waals surface area (Å²) < 4.78 is 2.37. The van der Waals surface area contributed by atoms with Gasteiger partial charge in [-0.05, 0) is 44.7 Å². The van der Waals surface area contributed by atoms with Gasteiger partial charge in [0.1, 0.15) is 0 Å². The average molecular weight is 204 g/mol. The molecule has 0 aliphatic heterocycles. The number of hydrogen-bond donors (Lipinski definition) is 1. The van der Waals surface area contributed by atoms with Crippen molar-refractivity contribution in [1.29, 1.82) is 0 Å². The number of hydrogen-bond acceptors (Lipinski definition) is 1. The van der Waals surface area contributed by atoms with Crippen LogP contribution in [0.15, 0.2) is 18.2 Å². The van der Waals surface area contributed by atoms with Crippen molar-refractivity contribution in [2.75, 3.05) is 0 Å². The van der Waals surface area contributed by atoms with Crippen molar-refractivity contribution in [1.82, 2.24) is 4.57 Å². The predicted molar refractivity (Wildman–Crippen MR) is 63.8 cm³/mol.